The second-order valence-electron chi connectivity index (χ2n) is 4.43. The van der Waals surface area contributed by atoms with Gasteiger partial charge in [-0.1, -0.05) is 51.6 Å². The maximum absolute atomic E-state index is 12.0. The summed E-state index contributed by atoms with van der Waals surface area (Å²) in [5.41, 5.74) is 1.87. The molecule has 0 saturated heterocycles. The summed E-state index contributed by atoms with van der Waals surface area (Å²) in [6, 6.07) is 7.90. The molecule has 0 spiro atoms. The van der Waals surface area contributed by atoms with Gasteiger partial charge in [-0.05, 0) is 29.9 Å². The quantitative estimate of drug-likeness (QED) is 0.530. The summed E-state index contributed by atoms with van der Waals surface area (Å²) < 4.78 is 5.98. The molecule has 2 aromatic heterocycles. The number of halogens is 1. The largest absolute Gasteiger partial charge is 0.301 e. The highest BCUT2D eigenvalue weighted by Crippen LogP contribution is 2.27. The Kier molecular flexibility index (Phi) is 6.28. The Labute approximate surface area is 164 Å². The van der Waals surface area contributed by atoms with Gasteiger partial charge in [0.15, 0.2) is 9.47 Å². The predicted molar refractivity (Wildman–Crippen MR) is 106 cm³/mol. The molecule has 24 heavy (non-hydrogen) atoms. The monoisotopic (exact) mass is 458 g/mol. The number of nitrogens with zero attached hydrogens (tertiary/aromatic N) is 3. The average molecular weight is 459 g/mol. The van der Waals surface area contributed by atoms with Crippen LogP contribution in [-0.2, 0) is 4.79 Å². The van der Waals surface area contributed by atoms with E-state index in [0.29, 0.717) is 5.13 Å². The Morgan fingerprint density at radius 3 is 2.79 bits per heavy atom. The van der Waals surface area contributed by atoms with Crippen molar-refractivity contribution in [3.63, 3.8) is 0 Å². The second kappa shape index (κ2) is 8.43. The smallest absolute Gasteiger partial charge is 0.236 e. The molecule has 5 nitrogen and oxygen atoms in total. The number of thioether (sulfide) groups is 2. The number of rotatable bonds is 6. The van der Waals surface area contributed by atoms with Crippen molar-refractivity contribution in [3.05, 3.63) is 34.1 Å². The van der Waals surface area contributed by atoms with Gasteiger partial charge in [-0.25, -0.2) is 9.97 Å². The fourth-order valence-electron chi connectivity index (χ4n) is 1.71. The molecular formula is C14H11BrN4OS4. The van der Waals surface area contributed by atoms with Crippen LogP contribution >= 0.6 is 62.3 Å². The van der Waals surface area contributed by atoms with Crippen LogP contribution in [0.15, 0.2) is 43.6 Å². The fourth-order valence-corrected chi connectivity index (χ4v) is 4.72. The molecule has 1 aromatic carbocycles. The van der Waals surface area contributed by atoms with Crippen LogP contribution in [0.5, 0.6) is 0 Å². The predicted octanol–water partition coefficient (Wildman–Crippen LogP) is 4.88. The van der Waals surface area contributed by atoms with Gasteiger partial charge < -0.3 is 5.32 Å². The number of thiazole rings is 1. The molecule has 3 rings (SSSR count). The van der Waals surface area contributed by atoms with Gasteiger partial charge >= 0.3 is 0 Å². The van der Waals surface area contributed by atoms with Crippen molar-refractivity contribution in [2.45, 2.75) is 9.50 Å². The average Bonchev–Trinajstić information content (AvgIpc) is 3.23. The fraction of sp³-hybridized carbons (Fsp3) is 0.143. The molecule has 0 bridgehead atoms. The van der Waals surface area contributed by atoms with Crippen LogP contribution in [0, 0.1) is 0 Å². The molecule has 0 aliphatic carbocycles. The Hall–Kier alpha value is -0.940. The van der Waals surface area contributed by atoms with E-state index in [9.17, 15) is 4.79 Å². The third-order valence-electron chi connectivity index (χ3n) is 2.79. The van der Waals surface area contributed by atoms with Gasteiger partial charge in [0, 0.05) is 15.4 Å². The number of anilines is 1. The lowest BCUT2D eigenvalue weighted by atomic mass is 10.2. The van der Waals surface area contributed by atoms with Gasteiger partial charge in [-0.2, -0.15) is 4.37 Å². The first kappa shape index (κ1) is 17.9. The van der Waals surface area contributed by atoms with Crippen molar-refractivity contribution in [3.8, 4) is 11.3 Å². The minimum absolute atomic E-state index is 0.0994. The first-order valence-corrected chi connectivity index (χ1v) is 11.3. The summed E-state index contributed by atoms with van der Waals surface area (Å²) in [4.78, 5) is 20.8. The first-order valence-electron chi connectivity index (χ1n) is 6.66. The molecule has 0 radical (unpaired) electrons. The van der Waals surface area contributed by atoms with Gasteiger partial charge in [-0.15, -0.1) is 11.3 Å². The maximum Gasteiger partial charge on any atom is 0.236 e. The van der Waals surface area contributed by atoms with Crippen molar-refractivity contribution in [1.82, 2.24) is 14.3 Å². The number of carbonyl (C=O) groups is 1. The molecule has 0 saturated carbocycles. The van der Waals surface area contributed by atoms with E-state index in [0.717, 1.165) is 25.2 Å². The number of aromatic nitrogens is 3. The molecule has 0 fully saturated rings. The highest BCUT2D eigenvalue weighted by molar-refractivity contribution is 9.10. The summed E-state index contributed by atoms with van der Waals surface area (Å²) in [5, 5.41) is 6.09. The summed E-state index contributed by atoms with van der Waals surface area (Å²) in [6.07, 6.45) is 1.93. The maximum atomic E-state index is 12.0. The molecule has 0 atom stereocenters. The van der Waals surface area contributed by atoms with E-state index in [1.54, 1.807) is 0 Å². The second-order valence-corrected chi connectivity index (χ2v) is 8.95. The molecule has 1 N–H and O–H groups in total. The third kappa shape index (κ3) is 4.79. The van der Waals surface area contributed by atoms with E-state index in [4.69, 9.17) is 0 Å². The van der Waals surface area contributed by atoms with Gasteiger partial charge in [0.1, 0.15) is 0 Å². The van der Waals surface area contributed by atoms with E-state index >= 15 is 0 Å². The van der Waals surface area contributed by atoms with Gasteiger partial charge in [0.05, 0.1) is 11.4 Å². The summed E-state index contributed by atoms with van der Waals surface area (Å²) >= 11 is 9.00. The van der Waals surface area contributed by atoms with Crippen molar-refractivity contribution in [2.24, 2.45) is 0 Å². The number of benzene rings is 1. The molecule has 3 aromatic rings. The lowest BCUT2D eigenvalue weighted by molar-refractivity contribution is -0.113. The third-order valence-corrected chi connectivity index (χ3v) is 6.57. The van der Waals surface area contributed by atoms with Gasteiger partial charge in [0.2, 0.25) is 11.1 Å². The van der Waals surface area contributed by atoms with Crippen molar-refractivity contribution >= 4 is 73.4 Å². The minimum atomic E-state index is -0.0994. The molecule has 0 aliphatic rings. The lowest BCUT2D eigenvalue weighted by Gasteiger charge is -2.00. The van der Waals surface area contributed by atoms with Crippen LogP contribution < -0.4 is 5.32 Å². The molecule has 1 amide bonds. The van der Waals surface area contributed by atoms with Gasteiger partial charge in [-0.3, -0.25) is 4.79 Å². The first-order chi connectivity index (χ1) is 11.6. The van der Waals surface area contributed by atoms with Crippen molar-refractivity contribution < 1.29 is 4.79 Å². The van der Waals surface area contributed by atoms with Crippen molar-refractivity contribution in [1.29, 1.82) is 0 Å². The van der Waals surface area contributed by atoms with Gasteiger partial charge in [0.25, 0.3) is 0 Å². The SMILES string of the molecule is CSc1nsc(SCC(=O)Nc2nc(-c3ccc(Br)cc3)cs2)n1. The highest BCUT2D eigenvalue weighted by Gasteiger charge is 2.10. The molecule has 0 unspecified atom stereocenters. The molecule has 10 heteroatoms. The van der Waals surface area contributed by atoms with Crippen LogP contribution in [0.3, 0.4) is 0 Å². The zero-order valence-electron chi connectivity index (χ0n) is 12.4. The van der Waals surface area contributed by atoms with Crippen LogP contribution in [0.25, 0.3) is 11.3 Å². The normalized spacial score (nSPS) is 10.8. The van der Waals surface area contributed by atoms with Crippen LogP contribution in [-0.4, -0.2) is 32.3 Å². The molecule has 2 heterocycles. The van der Waals surface area contributed by atoms with Crippen LogP contribution in [0.2, 0.25) is 0 Å². The molecule has 0 aliphatic heterocycles. The zero-order chi connectivity index (χ0) is 16.9. The number of hydrogen-bond donors (Lipinski definition) is 1. The summed E-state index contributed by atoms with van der Waals surface area (Å²) in [5.74, 6) is 0.188. The van der Waals surface area contributed by atoms with Crippen LogP contribution in [0.1, 0.15) is 0 Å². The van der Waals surface area contributed by atoms with E-state index in [1.807, 2.05) is 35.9 Å². The minimum Gasteiger partial charge on any atom is -0.301 e. The number of hydrogen-bond acceptors (Lipinski definition) is 8. The Morgan fingerprint density at radius 2 is 2.08 bits per heavy atom. The number of nitrogens with one attached hydrogen (secondary N) is 1. The Bertz CT molecular complexity index is 833. The Balaban J connectivity index is 1.56. The topological polar surface area (TPSA) is 67.8 Å². The Morgan fingerprint density at radius 1 is 1.29 bits per heavy atom. The molecular weight excluding hydrogens is 448 g/mol. The van der Waals surface area contributed by atoms with E-state index in [-0.39, 0.29) is 11.7 Å². The molecule has 124 valence electrons. The van der Waals surface area contributed by atoms with E-state index in [1.165, 1.54) is 46.4 Å². The summed E-state index contributed by atoms with van der Waals surface area (Å²) in [7, 11) is 0. The van der Waals surface area contributed by atoms with E-state index < -0.39 is 0 Å². The number of amides is 1. The summed E-state index contributed by atoms with van der Waals surface area (Å²) in [6.45, 7) is 0. The van der Waals surface area contributed by atoms with E-state index in [2.05, 4.69) is 35.6 Å². The standard InChI is InChI=1S/C14H11BrN4OS4/c1-21-13-18-14(24-19-13)23-7-11(20)17-12-16-10(6-22-12)8-2-4-9(15)5-3-8/h2-6H,7H2,1H3,(H,16,17,20). The van der Waals surface area contributed by atoms with Crippen molar-refractivity contribution in [2.75, 3.05) is 17.3 Å². The van der Waals surface area contributed by atoms with Crippen LogP contribution in [0.4, 0.5) is 5.13 Å². The highest BCUT2D eigenvalue weighted by atomic mass is 79.9. The zero-order valence-corrected chi connectivity index (χ0v) is 17.2. The lowest BCUT2D eigenvalue weighted by Crippen LogP contribution is -2.13. The number of carbonyl (C=O) groups excluding carboxylic acids is 1.